The summed E-state index contributed by atoms with van der Waals surface area (Å²) in [6, 6.07) is 2.71. The van der Waals surface area contributed by atoms with E-state index in [1.165, 1.54) is 12.1 Å². The highest BCUT2D eigenvalue weighted by molar-refractivity contribution is 7.89. The van der Waals surface area contributed by atoms with Crippen LogP contribution in [0.4, 0.5) is 5.69 Å². The van der Waals surface area contributed by atoms with E-state index < -0.39 is 10.0 Å². The number of anilines is 1. The van der Waals surface area contributed by atoms with Crippen LogP contribution in [0.5, 0.6) is 0 Å². The first-order valence-corrected chi connectivity index (χ1v) is 7.89. The SMILES string of the molecule is Cc1cc(S(=O)(=O)NC(C)C(C)(C)C)cc(N)c1Cl. The van der Waals surface area contributed by atoms with Gasteiger partial charge in [0.05, 0.1) is 15.6 Å². The van der Waals surface area contributed by atoms with E-state index in [9.17, 15) is 8.42 Å². The van der Waals surface area contributed by atoms with E-state index in [0.29, 0.717) is 10.6 Å². The van der Waals surface area contributed by atoms with Crippen molar-refractivity contribution in [3.63, 3.8) is 0 Å². The summed E-state index contributed by atoms with van der Waals surface area (Å²) in [4.78, 5) is 0.142. The molecule has 0 aliphatic rings. The molecule has 1 unspecified atom stereocenters. The summed E-state index contributed by atoms with van der Waals surface area (Å²) in [5.74, 6) is 0. The van der Waals surface area contributed by atoms with E-state index >= 15 is 0 Å². The fraction of sp³-hybridized carbons (Fsp3) is 0.538. The smallest absolute Gasteiger partial charge is 0.240 e. The van der Waals surface area contributed by atoms with Crippen molar-refractivity contribution in [2.45, 2.75) is 45.6 Å². The van der Waals surface area contributed by atoms with Gasteiger partial charge >= 0.3 is 0 Å². The molecule has 3 N–H and O–H groups in total. The zero-order valence-electron chi connectivity index (χ0n) is 11.9. The van der Waals surface area contributed by atoms with Gasteiger partial charge < -0.3 is 5.73 Å². The first-order valence-electron chi connectivity index (χ1n) is 6.03. The van der Waals surface area contributed by atoms with Crippen molar-refractivity contribution < 1.29 is 8.42 Å². The number of hydrogen-bond donors (Lipinski definition) is 2. The summed E-state index contributed by atoms with van der Waals surface area (Å²) in [7, 11) is -3.59. The third-order valence-electron chi connectivity index (χ3n) is 3.20. The molecule has 0 aliphatic heterocycles. The number of hydrogen-bond acceptors (Lipinski definition) is 3. The van der Waals surface area contributed by atoms with Crippen molar-refractivity contribution in [1.29, 1.82) is 0 Å². The molecule has 1 aromatic carbocycles. The third kappa shape index (κ3) is 3.84. The van der Waals surface area contributed by atoms with Crippen LogP contribution in [0.15, 0.2) is 17.0 Å². The van der Waals surface area contributed by atoms with Gasteiger partial charge in [0, 0.05) is 6.04 Å². The Morgan fingerprint density at radius 2 is 1.84 bits per heavy atom. The van der Waals surface area contributed by atoms with Crippen LogP contribution in [0, 0.1) is 12.3 Å². The van der Waals surface area contributed by atoms with Crippen LogP contribution in [0.25, 0.3) is 0 Å². The second-order valence-electron chi connectivity index (χ2n) is 5.85. The first-order chi connectivity index (χ1) is 8.45. The van der Waals surface area contributed by atoms with Crippen molar-refractivity contribution in [2.75, 3.05) is 5.73 Å². The molecule has 0 aliphatic carbocycles. The number of nitrogens with two attached hydrogens (primary N) is 1. The van der Waals surface area contributed by atoms with Crippen LogP contribution in [0.1, 0.15) is 33.3 Å². The maximum absolute atomic E-state index is 12.3. The molecule has 1 atom stereocenters. The molecule has 1 aromatic rings. The predicted molar refractivity (Wildman–Crippen MR) is 79.8 cm³/mol. The van der Waals surface area contributed by atoms with Gasteiger partial charge in [-0.1, -0.05) is 32.4 Å². The molecule has 108 valence electrons. The standard InChI is InChI=1S/C13H21ClN2O2S/c1-8-6-10(7-11(15)12(8)14)19(17,18)16-9(2)13(3,4)5/h6-7,9,16H,15H2,1-5H3. The minimum atomic E-state index is -3.59. The molecule has 6 heteroatoms. The van der Waals surface area contributed by atoms with Crippen molar-refractivity contribution >= 4 is 27.3 Å². The lowest BCUT2D eigenvalue weighted by Gasteiger charge is -2.27. The van der Waals surface area contributed by atoms with E-state index in [2.05, 4.69) is 4.72 Å². The topological polar surface area (TPSA) is 72.2 Å². The summed E-state index contributed by atoms with van der Waals surface area (Å²) >= 11 is 5.94. The highest BCUT2D eigenvalue weighted by atomic mass is 35.5. The highest BCUT2D eigenvalue weighted by Crippen LogP contribution is 2.27. The van der Waals surface area contributed by atoms with Crippen LogP contribution in [0.3, 0.4) is 0 Å². The van der Waals surface area contributed by atoms with Gasteiger partial charge in [-0.3, -0.25) is 0 Å². The molecule has 0 heterocycles. The van der Waals surface area contributed by atoms with E-state index in [4.69, 9.17) is 17.3 Å². The zero-order valence-corrected chi connectivity index (χ0v) is 13.5. The van der Waals surface area contributed by atoms with Gasteiger partial charge in [-0.2, -0.15) is 0 Å². The summed E-state index contributed by atoms with van der Waals surface area (Å²) in [5, 5.41) is 0.391. The summed E-state index contributed by atoms with van der Waals surface area (Å²) in [5.41, 5.74) is 6.46. The Balaban J connectivity index is 3.15. The van der Waals surface area contributed by atoms with Gasteiger partial charge in [0.25, 0.3) is 0 Å². The lowest BCUT2D eigenvalue weighted by atomic mass is 9.89. The molecular weight excluding hydrogens is 284 g/mol. The molecule has 0 saturated heterocycles. The average molecular weight is 305 g/mol. The molecule has 0 fully saturated rings. The highest BCUT2D eigenvalue weighted by Gasteiger charge is 2.26. The van der Waals surface area contributed by atoms with E-state index in [-0.39, 0.29) is 22.0 Å². The van der Waals surface area contributed by atoms with Gasteiger partial charge in [-0.15, -0.1) is 0 Å². The number of nitrogens with one attached hydrogen (secondary N) is 1. The van der Waals surface area contributed by atoms with E-state index in [1.807, 2.05) is 27.7 Å². The van der Waals surface area contributed by atoms with Crippen molar-refractivity contribution in [3.8, 4) is 0 Å². The Labute approximate surface area is 120 Å². The number of benzene rings is 1. The fourth-order valence-corrected chi connectivity index (χ4v) is 3.07. The van der Waals surface area contributed by atoms with Gasteiger partial charge in [0.15, 0.2) is 0 Å². The summed E-state index contributed by atoms with van der Waals surface area (Å²) in [6.45, 7) is 9.49. The van der Waals surface area contributed by atoms with Crippen LogP contribution in [0.2, 0.25) is 5.02 Å². The van der Waals surface area contributed by atoms with Crippen molar-refractivity contribution in [2.24, 2.45) is 5.41 Å². The molecule has 1 rings (SSSR count). The van der Waals surface area contributed by atoms with E-state index in [1.54, 1.807) is 6.92 Å². The molecule has 0 radical (unpaired) electrons. The largest absolute Gasteiger partial charge is 0.397 e. The van der Waals surface area contributed by atoms with Crippen LogP contribution in [-0.4, -0.2) is 14.5 Å². The Bertz CT molecular complexity index is 554. The first kappa shape index (κ1) is 16.3. The minimum Gasteiger partial charge on any atom is -0.397 e. The lowest BCUT2D eigenvalue weighted by molar-refractivity contribution is 0.317. The summed E-state index contributed by atoms with van der Waals surface area (Å²) < 4.78 is 27.3. The van der Waals surface area contributed by atoms with Gasteiger partial charge in [-0.05, 0) is 37.0 Å². The Kier molecular flexibility index (Phi) is 4.55. The van der Waals surface area contributed by atoms with Gasteiger partial charge in [0.2, 0.25) is 10.0 Å². The molecule has 0 bridgehead atoms. The normalized spacial score (nSPS) is 14.4. The quantitative estimate of drug-likeness (QED) is 0.843. The van der Waals surface area contributed by atoms with Crippen LogP contribution in [-0.2, 0) is 10.0 Å². The Morgan fingerprint density at radius 1 is 1.32 bits per heavy atom. The van der Waals surface area contributed by atoms with E-state index in [0.717, 1.165) is 0 Å². The number of aryl methyl sites for hydroxylation is 1. The summed E-state index contributed by atoms with van der Waals surface area (Å²) in [6.07, 6.45) is 0. The number of sulfonamides is 1. The molecule has 0 spiro atoms. The van der Waals surface area contributed by atoms with Gasteiger partial charge in [-0.25, -0.2) is 13.1 Å². The van der Waals surface area contributed by atoms with Crippen LogP contribution >= 0.6 is 11.6 Å². The Morgan fingerprint density at radius 3 is 2.26 bits per heavy atom. The fourth-order valence-electron chi connectivity index (χ4n) is 1.40. The van der Waals surface area contributed by atoms with Gasteiger partial charge in [0.1, 0.15) is 0 Å². The molecular formula is C13H21ClN2O2S. The van der Waals surface area contributed by atoms with Crippen LogP contribution < -0.4 is 10.5 Å². The van der Waals surface area contributed by atoms with Crippen molar-refractivity contribution in [3.05, 3.63) is 22.7 Å². The third-order valence-corrected chi connectivity index (χ3v) is 5.23. The number of nitrogen functional groups attached to an aromatic ring is 1. The average Bonchev–Trinajstić information content (AvgIpc) is 2.23. The minimum absolute atomic E-state index is 0.142. The number of rotatable bonds is 3. The molecule has 4 nitrogen and oxygen atoms in total. The molecule has 0 amide bonds. The molecule has 0 aromatic heterocycles. The second-order valence-corrected chi connectivity index (χ2v) is 7.94. The molecule has 19 heavy (non-hydrogen) atoms. The second kappa shape index (κ2) is 5.31. The maximum Gasteiger partial charge on any atom is 0.240 e. The Hall–Kier alpha value is -0.780. The maximum atomic E-state index is 12.3. The predicted octanol–water partition coefficient (Wildman–Crippen LogP) is 2.94. The van der Waals surface area contributed by atoms with Crippen molar-refractivity contribution in [1.82, 2.24) is 4.72 Å². The zero-order chi connectivity index (χ0) is 15.0. The lowest BCUT2D eigenvalue weighted by Crippen LogP contribution is -2.41. The molecule has 0 saturated carbocycles. The number of halogens is 1. The monoisotopic (exact) mass is 304 g/mol.